The molecule has 1 aromatic rings. The number of benzene rings is 1. The standard InChI is InChI=1S/C16H28N2O2/c1-13-7-8-16(20-4)14(11-13)15(19)12-17-9-5-6-10-18(2)3/h7-8,11,15,17,19H,5-6,9-10,12H2,1-4H3. The number of nitrogens with one attached hydrogen (secondary N) is 1. The number of ether oxygens (including phenoxy) is 1. The van der Waals surface area contributed by atoms with E-state index in [1.54, 1.807) is 7.11 Å². The Kier molecular flexibility index (Phi) is 7.59. The minimum absolute atomic E-state index is 0.529. The predicted octanol–water partition coefficient (Wildman–Crippen LogP) is 1.97. The summed E-state index contributed by atoms with van der Waals surface area (Å²) < 4.78 is 5.30. The van der Waals surface area contributed by atoms with Gasteiger partial charge in [0.25, 0.3) is 0 Å². The highest BCUT2D eigenvalue weighted by molar-refractivity contribution is 5.38. The van der Waals surface area contributed by atoms with E-state index in [-0.39, 0.29) is 0 Å². The second-order valence-electron chi connectivity index (χ2n) is 5.48. The SMILES string of the molecule is COc1ccc(C)cc1C(O)CNCCCCN(C)C. The number of hydrogen-bond acceptors (Lipinski definition) is 4. The zero-order chi connectivity index (χ0) is 15.0. The number of methoxy groups -OCH3 is 1. The van der Waals surface area contributed by atoms with Gasteiger partial charge in [-0.2, -0.15) is 0 Å². The van der Waals surface area contributed by atoms with E-state index < -0.39 is 6.10 Å². The smallest absolute Gasteiger partial charge is 0.124 e. The van der Waals surface area contributed by atoms with E-state index in [1.807, 2.05) is 25.1 Å². The van der Waals surface area contributed by atoms with E-state index in [2.05, 4.69) is 24.3 Å². The third-order valence-electron chi connectivity index (χ3n) is 3.29. The summed E-state index contributed by atoms with van der Waals surface area (Å²) in [5, 5.41) is 13.6. The van der Waals surface area contributed by atoms with Crippen LogP contribution in [0, 0.1) is 6.92 Å². The van der Waals surface area contributed by atoms with Gasteiger partial charge in [-0.05, 0) is 59.1 Å². The highest BCUT2D eigenvalue weighted by Crippen LogP contribution is 2.25. The first-order chi connectivity index (χ1) is 9.54. The first-order valence-corrected chi connectivity index (χ1v) is 7.22. The molecule has 1 rings (SSSR count). The van der Waals surface area contributed by atoms with Crippen molar-refractivity contribution in [3.05, 3.63) is 29.3 Å². The van der Waals surface area contributed by atoms with Gasteiger partial charge in [-0.1, -0.05) is 11.6 Å². The molecule has 0 aliphatic heterocycles. The molecule has 0 aromatic heterocycles. The lowest BCUT2D eigenvalue weighted by atomic mass is 10.1. The molecule has 2 N–H and O–H groups in total. The van der Waals surface area contributed by atoms with E-state index in [9.17, 15) is 5.11 Å². The van der Waals surface area contributed by atoms with Crippen LogP contribution in [0.25, 0.3) is 0 Å². The number of rotatable bonds is 9. The highest BCUT2D eigenvalue weighted by Gasteiger charge is 2.12. The van der Waals surface area contributed by atoms with Crippen LogP contribution in [0.2, 0.25) is 0 Å². The highest BCUT2D eigenvalue weighted by atomic mass is 16.5. The van der Waals surface area contributed by atoms with E-state index in [4.69, 9.17) is 4.74 Å². The molecule has 0 radical (unpaired) electrons. The van der Waals surface area contributed by atoms with Gasteiger partial charge in [0.15, 0.2) is 0 Å². The summed E-state index contributed by atoms with van der Waals surface area (Å²) in [6.07, 6.45) is 1.76. The largest absolute Gasteiger partial charge is 0.496 e. The van der Waals surface area contributed by atoms with Crippen LogP contribution in [-0.4, -0.2) is 50.8 Å². The third kappa shape index (κ3) is 5.90. The molecule has 0 aliphatic carbocycles. The number of unbranched alkanes of at least 4 members (excludes halogenated alkanes) is 1. The Bertz CT molecular complexity index is 394. The number of aliphatic hydroxyl groups is 1. The molecule has 0 bridgehead atoms. The van der Waals surface area contributed by atoms with Gasteiger partial charge < -0.3 is 20.1 Å². The Morgan fingerprint density at radius 1 is 1.30 bits per heavy atom. The normalized spacial score (nSPS) is 12.7. The molecule has 1 aromatic carbocycles. The first kappa shape index (κ1) is 17.0. The first-order valence-electron chi connectivity index (χ1n) is 7.22. The molecule has 0 amide bonds. The zero-order valence-corrected chi connectivity index (χ0v) is 13.1. The lowest BCUT2D eigenvalue weighted by Gasteiger charge is -2.16. The van der Waals surface area contributed by atoms with Crippen LogP contribution in [-0.2, 0) is 0 Å². The van der Waals surface area contributed by atoms with Crippen LogP contribution in [0.5, 0.6) is 5.75 Å². The van der Waals surface area contributed by atoms with Gasteiger partial charge in [0, 0.05) is 12.1 Å². The fourth-order valence-corrected chi connectivity index (χ4v) is 2.14. The molecule has 20 heavy (non-hydrogen) atoms. The number of nitrogens with zero attached hydrogens (tertiary/aromatic N) is 1. The fraction of sp³-hybridized carbons (Fsp3) is 0.625. The van der Waals surface area contributed by atoms with Gasteiger partial charge in [-0.25, -0.2) is 0 Å². The van der Waals surface area contributed by atoms with Gasteiger partial charge in [0.2, 0.25) is 0 Å². The van der Waals surface area contributed by atoms with Crippen LogP contribution < -0.4 is 10.1 Å². The minimum atomic E-state index is -0.529. The van der Waals surface area contributed by atoms with Crippen molar-refractivity contribution in [2.24, 2.45) is 0 Å². The Hall–Kier alpha value is -1.10. The quantitative estimate of drug-likeness (QED) is 0.679. The molecular weight excluding hydrogens is 252 g/mol. The van der Waals surface area contributed by atoms with Crippen molar-refractivity contribution in [2.75, 3.05) is 40.8 Å². The Morgan fingerprint density at radius 2 is 2.05 bits per heavy atom. The van der Waals surface area contributed by atoms with Gasteiger partial charge in [0.05, 0.1) is 13.2 Å². The second kappa shape index (κ2) is 8.95. The van der Waals surface area contributed by atoms with E-state index >= 15 is 0 Å². The van der Waals surface area contributed by atoms with Crippen LogP contribution in [0.3, 0.4) is 0 Å². The summed E-state index contributed by atoms with van der Waals surface area (Å²) in [7, 11) is 5.80. The molecule has 0 saturated heterocycles. The summed E-state index contributed by atoms with van der Waals surface area (Å²) >= 11 is 0. The molecule has 114 valence electrons. The van der Waals surface area contributed by atoms with E-state index in [1.165, 1.54) is 6.42 Å². The maximum Gasteiger partial charge on any atom is 0.124 e. The molecule has 1 unspecified atom stereocenters. The molecule has 4 heteroatoms. The summed E-state index contributed by atoms with van der Waals surface area (Å²) in [6.45, 7) is 4.61. The van der Waals surface area contributed by atoms with Crippen molar-refractivity contribution >= 4 is 0 Å². The molecule has 0 spiro atoms. The zero-order valence-electron chi connectivity index (χ0n) is 13.1. The Morgan fingerprint density at radius 3 is 2.70 bits per heavy atom. The monoisotopic (exact) mass is 280 g/mol. The minimum Gasteiger partial charge on any atom is -0.496 e. The summed E-state index contributed by atoms with van der Waals surface area (Å²) in [5.74, 6) is 0.748. The van der Waals surface area contributed by atoms with Gasteiger partial charge in [-0.15, -0.1) is 0 Å². The van der Waals surface area contributed by atoms with Crippen molar-refractivity contribution in [1.29, 1.82) is 0 Å². The number of hydrogen-bond donors (Lipinski definition) is 2. The second-order valence-corrected chi connectivity index (χ2v) is 5.48. The summed E-state index contributed by atoms with van der Waals surface area (Å²) in [5.41, 5.74) is 1.99. The van der Waals surface area contributed by atoms with Gasteiger partial charge >= 0.3 is 0 Å². The van der Waals surface area contributed by atoms with Crippen molar-refractivity contribution in [2.45, 2.75) is 25.9 Å². The lowest BCUT2D eigenvalue weighted by molar-refractivity contribution is 0.170. The van der Waals surface area contributed by atoms with E-state index in [0.717, 1.165) is 36.4 Å². The predicted molar refractivity (Wildman–Crippen MR) is 83.3 cm³/mol. The van der Waals surface area contributed by atoms with Crippen LogP contribution in [0.1, 0.15) is 30.1 Å². The van der Waals surface area contributed by atoms with Crippen molar-refractivity contribution in [3.8, 4) is 5.75 Å². The third-order valence-corrected chi connectivity index (χ3v) is 3.29. The van der Waals surface area contributed by atoms with Crippen LogP contribution in [0.15, 0.2) is 18.2 Å². The molecule has 1 atom stereocenters. The lowest BCUT2D eigenvalue weighted by Crippen LogP contribution is -2.23. The summed E-state index contributed by atoms with van der Waals surface area (Å²) in [4.78, 5) is 2.19. The maximum absolute atomic E-state index is 10.3. The van der Waals surface area contributed by atoms with Crippen LogP contribution in [0.4, 0.5) is 0 Å². The topological polar surface area (TPSA) is 44.7 Å². The molecular formula is C16H28N2O2. The molecule has 0 saturated carbocycles. The molecule has 0 aliphatic rings. The van der Waals surface area contributed by atoms with E-state index in [0.29, 0.717) is 6.54 Å². The summed E-state index contributed by atoms with van der Waals surface area (Å²) in [6, 6.07) is 5.88. The maximum atomic E-state index is 10.3. The Balaban J connectivity index is 2.35. The van der Waals surface area contributed by atoms with Crippen molar-refractivity contribution in [1.82, 2.24) is 10.2 Å². The molecule has 4 nitrogen and oxygen atoms in total. The average Bonchev–Trinajstić information content (AvgIpc) is 2.42. The van der Waals surface area contributed by atoms with Gasteiger partial charge in [-0.3, -0.25) is 0 Å². The number of aryl methyl sites for hydroxylation is 1. The van der Waals surface area contributed by atoms with Gasteiger partial charge in [0.1, 0.15) is 5.75 Å². The average molecular weight is 280 g/mol. The molecule has 0 fully saturated rings. The molecule has 0 heterocycles. The fourth-order valence-electron chi connectivity index (χ4n) is 2.14. The van der Waals surface area contributed by atoms with Crippen molar-refractivity contribution < 1.29 is 9.84 Å². The van der Waals surface area contributed by atoms with Crippen molar-refractivity contribution in [3.63, 3.8) is 0 Å². The van der Waals surface area contributed by atoms with Crippen LogP contribution >= 0.6 is 0 Å². The Labute approximate surface area is 122 Å². The number of aliphatic hydroxyl groups excluding tert-OH is 1.